The molecule has 4 nitrogen and oxygen atoms in total. The summed E-state index contributed by atoms with van der Waals surface area (Å²) in [6, 6.07) is 8.15. The third-order valence-corrected chi connectivity index (χ3v) is 4.43. The summed E-state index contributed by atoms with van der Waals surface area (Å²) in [6.45, 7) is 1.04. The van der Waals surface area contributed by atoms with E-state index in [9.17, 15) is 4.21 Å². The highest BCUT2D eigenvalue weighted by Gasteiger charge is 2.19. The molecule has 1 aromatic carbocycles. The van der Waals surface area contributed by atoms with Gasteiger partial charge >= 0.3 is 0 Å². The molecule has 2 aromatic rings. The molecule has 98 valence electrons. The van der Waals surface area contributed by atoms with Crippen molar-refractivity contribution in [1.29, 1.82) is 0 Å². The lowest BCUT2D eigenvalue weighted by Gasteiger charge is -2.07. The number of hydrogen-bond acceptors (Lipinski definition) is 3. The number of aromatic amines is 1. The highest BCUT2D eigenvalue weighted by Crippen LogP contribution is 2.15. The maximum Gasteiger partial charge on any atom is 0.197 e. The second-order valence-electron chi connectivity index (χ2n) is 4.36. The molecule has 2 atom stereocenters. The van der Waals surface area contributed by atoms with E-state index < -0.39 is 10.8 Å². The summed E-state index contributed by atoms with van der Waals surface area (Å²) in [4.78, 5) is 7.50. The van der Waals surface area contributed by atoms with Gasteiger partial charge in [0.15, 0.2) is 5.16 Å². The molecule has 0 spiro atoms. The van der Waals surface area contributed by atoms with E-state index in [0.29, 0.717) is 17.0 Å². The number of para-hydroxylation sites is 2. The van der Waals surface area contributed by atoms with Crippen LogP contribution in [-0.2, 0) is 10.8 Å². The van der Waals surface area contributed by atoms with E-state index in [4.69, 9.17) is 0 Å². The Hall–Kier alpha value is -0.910. The van der Waals surface area contributed by atoms with Crippen LogP contribution in [0, 0.1) is 0 Å². The Morgan fingerprint density at radius 1 is 1.39 bits per heavy atom. The molecule has 1 saturated heterocycles. The van der Waals surface area contributed by atoms with E-state index in [1.165, 1.54) is 6.42 Å². The second-order valence-corrected chi connectivity index (χ2v) is 5.78. The standard InChI is InChI=1S/C12H15N3OS.ClH/c16-17(8-9-4-3-7-13-9)12-14-10-5-1-2-6-11(10)15-12;/h1-2,5-6,9,13H,3-4,7-8H2,(H,14,15);1H. The second kappa shape index (κ2) is 5.82. The van der Waals surface area contributed by atoms with Gasteiger partial charge < -0.3 is 10.3 Å². The topological polar surface area (TPSA) is 57.8 Å². The zero-order valence-electron chi connectivity index (χ0n) is 9.89. The minimum atomic E-state index is -1.04. The number of H-pyrrole nitrogens is 1. The van der Waals surface area contributed by atoms with Gasteiger partial charge in [-0.2, -0.15) is 0 Å². The first-order chi connectivity index (χ1) is 8.33. The number of aromatic nitrogens is 2. The monoisotopic (exact) mass is 285 g/mol. The fraction of sp³-hybridized carbons (Fsp3) is 0.417. The summed E-state index contributed by atoms with van der Waals surface area (Å²) < 4.78 is 12.1. The molecule has 1 aliphatic rings. The largest absolute Gasteiger partial charge is 0.331 e. The van der Waals surface area contributed by atoms with Crippen LogP contribution in [-0.4, -0.2) is 32.5 Å². The molecule has 2 N–H and O–H groups in total. The molecule has 0 radical (unpaired) electrons. The summed E-state index contributed by atoms with van der Waals surface area (Å²) in [7, 11) is -1.04. The third kappa shape index (κ3) is 2.74. The van der Waals surface area contributed by atoms with Crippen molar-refractivity contribution in [2.45, 2.75) is 24.0 Å². The van der Waals surface area contributed by atoms with Crippen LogP contribution < -0.4 is 5.32 Å². The average molecular weight is 286 g/mol. The summed E-state index contributed by atoms with van der Waals surface area (Å²) >= 11 is 0. The first-order valence-electron chi connectivity index (χ1n) is 5.89. The van der Waals surface area contributed by atoms with Crippen LogP contribution >= 0.6 is 12.4 Å². The van der Waals surface area contributed by atoms with E-state index in [0.717, 1.165) is 24.0 Å². The minimum absolute atomic E-state index is 0. The highest BCUT2D eigenvalue weighted by atomic mass is 35.5. The summed E-state index contributed by atoms with van der Waals surface area (Å²) in [5.41, 5.74) is 1.84. The molecule has 1 aliphatic heterocycles. The van der Waals surface area contributed by atoms with Gasteiger partial charge in [-0.25, -0.2) is 4.98 Å². The van der Waals surface area contributed by atoms with Gasteiger partial charge in [0.1, 0.15) is 0 Å². The van der Waals surface area contributed by atoms with Crippen molar-refractivity contribution in [1.82, 2.24) is 15.3 Å². The molecule has 1 fully saturated rings. The zero-order valence-corrected chi connectivity index (χ0v) is 11.5. The Bertz CT molecular complexity index is 518. The predicted molar refractivity (Wildman–Crippen MR) is 75.6 cm³/mol. The van der Waals surface area contributed by atoms with Crippen LogP contribution in [0.3, 0.4) is 0 Å². The van der Waals surface area contributed by atoms with E-state index >= 15 is 0 Å². The lowest BCUT2D eigenvalue weighted by Crippen LogP contribution is -2.27. The smallest absolute Gasteiger partial charge is 0.197 e. The molecule has 0 bridgehead atoms. The fourth-order valence-electron chi connectivity index (χ4n) is 2.20. The molecule has 0 amide bonds. The van der Waals surface area contributed by atoms with Crippen molar-refractivity contribution in [3.05, 3.63) is 24.3 Å². The predicted octanol–water partition coefficient (Wildman–Crippen LogP) is 1.84. The van der Waals surface area contributed by atoms with E-state index in [1.54, 1.807) is 0 Å². The molecule has 6 heteroatoms. The first kappa shape index (κ1) is 13.5. The number of fused-ring (bicyclic) bond motifs is 1. The van der Waals surface area contributed by atoms with Crippen molar-refractivity contribution >= 4 is 34.2 Å². The molecule has 1 aromatic heterocycles. The number of hydrogen-bond donors (Lipinski definition) is 2. The minimum Gasteiger partial charge on any atom is -0.331 e. The summed E-state index contributed by atoms with van der Waals surface area (Å²) in [6.07, 6.45) is 2.30. The van der Waals surface area contributed by atoms with Crippen LogP contribution in [0.5, 0.6) is 0 Å². The van der Waals surface area contributed by atoms with Crippen LogP contribution in [0.15, 0.2) is 29.4 Å². The van der Waals surface area contributed by atoms with Crippen LogP contribution in [0.25, 0.3) is 11.0 Å². The van der Waals surface area contributed by atoms with Gasteiger partial charge in [0.25, 0.3) is 0 Å². The maximum atomic E-state index is 12.1. The average Bonchev–Trinajstić information content (AvgIpc) is 2.96. The number of benzene rings is 1. The van der Waals surface area contributed by atoms with Gasteiger partial charge in [0.2, 0.25) is 0 Å². The Morgan fingerprint density at radius 3 is 2.94 bits per heavy atom. The lowest BCUT2D eigenvalue weighted by atomic mass is 10.3. The molecule has 0 aliphatic carbocycles. The SMILES string of the molecule is Cl.O=S(CC1CCCN1)c1nc2ccccc2[nH]1. The number of rotatable bonds is 3. The normalized spacial score (nSPS) is 20.8. The van der Waals surface area contributed by atoms with Crippen molar-refractivity contribution in [3.63, 3.8) is 0 Å². The Morgan fingerprint density at radius 2 is 2.22 bits per heavy atom. The first-order valence-corrected chi connectivity index (χ1v) is 7.21. The number of nitrogens with zero attached hydrogens (tertiary/aromatic N) is 1. The Labute approximate surface area is 114 Å². The fourth-order valence-corrected chi connectivity index (χ4v) is 3.43. The van der Waals surface area contributed by atoms with Crippen molar-refractivity contribution in [2.75, 3.05) is 12.3 Å². The molecular weight excluding hydrogens is 270 g/mol. The van der Waals surface area contributed by atoms with Crippen molar-refractivity contribution in [2.24, 2.45) is 0 Å². The molecule has 18 heavy (non-hydrogen) atoms. The summed E-state index contributed by atoms with van der Waals surface area (Å²) in [5, 5.41) is 3.95. The molecule has 2 heterocycles. The van der Waals surface area contributed by atoms with Gasteiger partial charge in [-0.15, -0.1) is 12.4 Å². The van der Waals surface area contributed by atoms with Crippen molar-refractivity contribution < 1.29 is 4.21 Å². The quantitative estimate of drug-likeness (QED) is 0.905. The molecule has 0 saturated carbocycles. The lowest BCUT2D eigenvalue weighted by molar-refractivity contribution is 0.639. The third-order valence-electron chi connectivity index (χ3n) is 3.10. The summed E-state index contributed by atoms with van der Waals surface area (Å²) in [5.74, 6) is 0.653. The maximum absolute atomic E-state index is 12.1. The van der Waals surface area contributed by atoms with E-state index in [-0.39, 0.29) is 12.4 Å². The van der Waals surface area contributed by atoms with Crippen LogP contribution in [0.2, 0.25) is 0 Å². The van der Waals surface area contributed by atoms with E-state index in [1.807, 2.05) is 24.3 Å². The van der Waals surface area contributed by atoms with Gasteiger partial charge in [-0.1, -0.05) is 12.1 Å². The molecule has 3 rings (SSSR count). The molecule has 2 unspecified atom stereocenters. The molecular formula is C12H16ClN3OS. The van der Waals surface area contributed by atoms with Gasteiger partial charge in [-0.3, -0.25) is 4.21 Å². The van der Waals surface area contributed by atoms with Gasteiger partial charge in [0.05, 0.1) is 21.8 Å². The Balaban J connectivity index is 0.00000120. The highest BCUT2D eigenvalue weighted by molar-refractivity contribution is 7.84. The number of imidazole rings is 1. The van der Waals surface area contributed by atoms with E-state index in [2.05, 4.69) is 15.3 Å². The zero-order chi connectivity index (χ0) is 11.7. The van der Waals surface area contributed by atoms with Gasteiger partial charge in [0, 0.05) is 11.8 Å². The van der Waals surface area contributed by atoms with Crippen molar-refractivity contribution in [3.8, 4) is 0 Å². The van der Waals surface area contributed by atoms with Crippen LogP contribution in [0.1, 0.15) is 12.8 Å². The Kier molecular flexibility index (Phi) is 4.37. The number of halogens is 1. The van der Waals surface area contributed by atoms with Gasteiger partial charge in [-0.05, 0) is 31.5 Å². The van der Waals surface area contributed by atoms with Crippen LogP contribution in [0.4, 0.5) is 0 Å². The number of nitrogens with one attached hydrogen (secondary N) is 2.